The van der Waals surface area contributed by atoms with Crippen LogP contribution in [0, 0.1) is 0 Å². The van der Waals surface area contributed by atoms with Crippen molar-refractivity contribution in [3.05, 3.63) is 96.1 Å². The van der Waals surface area contributed by atoms with Crippen molar-refractivity contribution < 1.29 is 4.42 Å². The Hall–Kier alpha value is -3.32. The summed E-state index contributed by atoms with van der Waals surface area (Å²) in [5.41, 5.74) is 10.0. The molecule has 0 amide bonds. The van der Waals surface area contributed by atoms with Gasteiger partial charge in [0, 0.05) is 10.8 Å². The molecule has 1 aliphatic rings. The van der Waals surface area contributed by atoms with Gasteiger partial charge in [-0.25, -0.2) is 0 Å². The quantitative estimate of drug-likeness (QED) is 0.322. The Labute approximate surface area is 151 Å². The van der Waals surface area contributed by atoms with Gasteiger partial charge in [0.25, 0.3) is 0 Å². The molecule has 26 heavy (non-hydrogen) atoms. The third-order valence-corrected chi connectivity index (χ3v) is 5.50. The zero-order valence-electron chi connectivity index (χ0n) is 14.2. The Balaban J connectivity index is 1.51. The first-order chi connectivity index (χ1) is 12.9. The van der Waals surface area contributed by atoms with Crippen molar-refractivity contribution in [3.63, 3.8) is 0 Å². The number of rotatable bonds is 1. The lowest BCUT2D eigenvalue weighted by Gasteiger charge is -2.06. The molecule has 1 nitrogen and oxygen atoms in total. The Morgan fingerprint density at radius 3 is 2.27 bits per heavy atom. The van der Waals surface area contributed by atoms with Gasteiger partial charge in [0.2, 0.25) is 0 Å². The first-order valence-corrected chi connectivity index (χ1v) is 9.00. The van der Waals surface area contributed by atoms with Gasteiger partial charge in [-0.15, -0.1) is 0 Å². The van der Waals surface area contributed by atoms with Gasteiger partial charge in [-0.1, -0.05) is 66.7 Å². The van der Waals surface area contributed by atoms with Crippen molar-refractivity contribution in [1.29, 1.82) is 0 Å². The van der Waals surface area contributed by atoms with Crippen LogP contribution in [0.3, 0.4) is 0 Å². The number of furan rings is 1. The SMILES string of the molecule is c1ccc2c(c1)Cc1cc(-c3ccc4oc5ccccc5c4c3)ccc1-2. The molecule has 0 saturated heterocycles. The predicted octanol–water partition coefficient (Wildman–Crippen LogP) is 6.82. The smallest absolute Gasteiger partial charge is 0.135 e. The van der Waals surface area contributed by atoms with E-state index in [0.29, 0.717) is 0 Å². The van der Waals surface area contributed by atoms with Gasteiger partial charge in [0.1, 0.15) is 11.2 Å². The molecule has 122 valence electrons. The predicted molar refractivity (Wildman–Crippen MR) is 107 cm³/mol. The second kappa shape index (κ2) is 5.09. The molecular formula is C25H16O. The van der Waals surface area contributed by atoms with Crippen LogP contribution < -0.4 is 0 Å². The molecule has 6 rings (SSSR count). The lowest BCUT2D eigenvalue weighted by Crippen LogP contribution is -1.83. The van der Waals surface area contributed by atoms with E-state index in [4.69, 9.17) is 4.42 Å². The van der Waals surface area contributed by atoms with E-state index in [9.17, 15) is 0 Å². The summed E-state index contributed by atoms with van der Waals surface area (Å²) in [4.78, 5) is 0. The first-order valence-electron chi connectivity index (χ1n) is 9.00. The standard InChI is InChI=1S/C25H16O/c1-2-6-20-18(5-1)14-19-13-16(9-11-21(19)20)17-10-12-25-23(15-17)22-7-3-4-8-24(22)26-25/h1-13,15H,14H2. The van der Waals surface area contributed by atoms with Gasteiger partial charge < -0.3 is 4.42 Å². The molecular weight excluding hydrogens is 316 g/mol. The minimum atomic E-state index is 0.948. The van der Waals surface area contributed by atoms with Crippen LogP contribution in [0.5, 0.6) is 0 Å². The number of para-hydroxylation sites is 1. The van der Waals surface area contributed by atoms with Crippen LogP contribution in [0.15, 0.2) is 89.3 Å². The van der Waals surface area contributed by atoms with E-state index in [1.165, 1.54) is 44.2 Å². The molecule has 0 unspecified atom stereocenters. The number of hydrogen-bond donors (Lipinski definition) is 0. The largest absolute Gasteiger partial charge is 0.456 e. The fraction of sp³-hybridized carbons (Fsp3) is 0.0400. The highest BCUT2D eigenvalue weighted by atomic mass is 16.3. The third-order valence-electron chi connectivity index (χ3n) is 5.50. The van der Waals surface area contributed by atoms with Crippen LogP contribution in [0.4, 0.5) is 0 Å². The molecule has 1 heteroatoms. The second-order valence-corrected chi connectivity index (χ2v) is 7.02. The van der Waals surface area contributed by atoms with Crippen molar-refractivity contribution in [2.45, 2.75) is 6.42 Å². The van der Waals surface area contributed by atoms with Gasteiger partial charge in [-0.05, 0) is 58.0 Å². The molecule has 5 aromatic rings. The molecule has 4 aromatic carbocycles. The highest BCUT2D eigenvalue weighted by Crippen LogP contribution is 2.39. The van der Waals surface area contributed by atoms with Crippen molar-refractivity contribution in [2.24, 2.45) is 0 Å². The summed E-state index contributed by atoms with van der Waals surface area (Å²) in [5.74, 6) is 0. The van der Waals surface area contributed by atoms with Crippen LogP contribution >= 0.6 is 0 Å². The highest BCUT2D eigenvalue weighted by molar-refractivity contribution is 6.06. The fourth-order valence-corrected chi connectivity index (χ4v) is 4.23. The summed E-state index contributed by atoms with van der Waals surface area (Å²) in [5, 5.41) is 2.36. The first kappa shape index (κ1) is 13.9. The Kier molecular flexibility index (Phi) is 2.72. The van der Waals surface area contributed by atoms with E-state index >= 15 is 0 Å². The summed E-state index contributed by atoms with van der Waals surface area (Å²) < 4.78 is 5.96. The van der Waals surface area contributed by atoms with E-state index < -0.39 is 0 Å². The lowest BCUT2D eigenvalue weighted by atomic mass is 9.98. The molecule has 0 aliphatic heterocycles. The average molecular weight is 332 g/mol. The second-order valence-electron chi connectivity index (χ2n) is 7.02. The van der Waals surface area contributed by atoms with E-state index in [1.807, 2.05) is 12.1 Å². The Morgan fingerprint density at radius 1 is 0.538 bits per heavy atom. The number of fused-ring (bicyclic) bond motifs is 6. The zero-order chi connectivity index (χ0) is 17.1. The minimum absolute atomic E-state index is 0.948. The monoisotopic (exact) mass is 332 g/mol. The normalized spacial score (nSPS) is 12.5. The van der Waals surface area contributed by atoms with E-state index in [-0.39, 0.29) is 0 Å². The molecule has 0 saturated carbocycles. The van der Waals surface area contributed by atoms with Crippen LogP contribution in [0.1, 0.15) is 11.1 Å². The molecule has 1 aromatic heterocycles. The van der Waals surface area contributed by atoms with Crippen LogP contribution in [0.2, 0.25) is 0 Å². The number of benzene rings is 4. The van der Waals surface area contributed by atoms with Crippen LogP contribution in [-0.4, -0.2) is 0 Å². The molecule has 0 fully saturated rings. The van der Waals surface area contributed by atoms with Crippen LogP contribution in [-0.2, 0) is 6.42 Å². The molecule has 0 atom stereocenters. The van der Waals surface area contributed by atoms with Crippen molar-refractivity contribution >= 4 is 21.9 Å². The summed E-state index contributed by atoms with van der Waals surface area (Å²) in [6.07, 6.45) is 1.02. The molecule has 1 aliphatic carbocycles. The van der Waals surface area contributed by atoms with Crippen molar-refractivity contribution in [3.8, 4) is 22.3 Å². The van der Waals surface area contributed by atoms with E-state index in [2.05, 4.69) is 72.8 Å². The maximum Gasteiger partial charge on any atom is 0.135 e. The number of hydrogen-bond acceptors (Lipinski definition) is 1. The van der Waals surface area contributed by atoms with Gasteiger partial charge in [-0.2, -0.15) is 0 Å². The third kappa shape index (κ3) is 1.91. The molecule has 0 bridgehead atoms. The maximum atomic E-state index is 5.96. The van der Waals surface area contributed by atoms with Crippen LogP contribution in [0.25, 0.3) is 44.2 Å². The zero-order valence-corrected chi connectivity index (χ0v) is 14.2. The van der Waals surface area contributed by atoms with Gasteiger partial charge in [0.05, 0.1) is 0 Å². The summed E-state index contributed by atoms with van der Waals surface area (Å²) in [6, 6.07) is 30.3. The Morgan fingerprint density at radius 2 is 1.27 bits per heavy atom. The maximum absolute atomic E-state index is 5.96. The van der Waals surface area contributed by atoms with E-state index in [0.717, 1.165) is 17.6 Å². The molecule has 0 radical (unpaired) electrons. The summed E-state index contributed by atoms with van der Waals surface area (Å²) >= 11 is 0. The fourth-order valence-electron chi connectivity index (χ4n) is 4.23. The van der Waals surface area contributed by atoms with E-state index in [1.54, 1.807) is 0 Å². The average Bonchev–Trinajstić information content (AvgIpc) is 3.25. The summed E-state index contributed by atoms with van der Waals surface area (Å²) in [6.45, 7) is 0. The molecule has 0 spiro atoms. The minimum Gasteiger partial charge on any atom is -0.456 e. The van der Waals surface area contributed by atoms with Crippen molar-refractivity contribution in [1.82, 2.24) is 0 Å². The van der Waals surface area contributed by atoms with Gasteiger partial charge >= 0.3 is 0 Å². The van der Waals surface area contributed by atoms with Gasteiger partial charge in [-0.3, -0.25) is 0 Å². The molecule has 1 heterocycles. The molecule has 0 N–H and O–H groups in total. The Bertz CT molecular complexity index is 1310. The van der Waals surface area contributed by atoms with Crippen molar-refractivity contribution in [2.75, 3.05) is 0 Å². The summed E-state index contributed by atoms with van der Waals surface area (Å²) in [7, 11) is 0. The highest BCUT2D eigenvalue weighted by Gasteiger charge is 2.18. The lowest BCUT2D eigenvalue weighted by molar-refractivity contribution is 0.669. The van der Waals surface area contributed by atoms with Gasteiger partial charge in [0.15, 0.2) is 0 Å². The topological polar surface area (TPSA) is 13.1 Å².